The number of anilines is 2. The van der Waals surface area contributed by atoms with E-state index in [2.05, 4.69) is 174 Å². The van der Waals surface area contributed by atoms with Crippen molar-refractivity contribution < 1.29 is 0 Å². The van der Waals surface area contributed by atoms with E-state index in [1.165, 1.54) is 71.5 Å². The molecule has 44 heavy (non-hydrogen) atoms. The average Bonchev–Trinajstić information content (AvgIpc) is 3.61. The van der Waals surface area contributed by atoms with Crippen molar-refractivity contribution >= 4 is 49.5 Å². The van der Waals surface area contributed by atoms with Crippen LogP contribution in [0.5, 0.6) is 0 Å². The van der Waals surface area contributed by atoms with Gasteiger partial charge in [-0.2, -0.15) is 0 Å². The average molecular weight is 561 g/mol. The highest BCUT2D eigenvalue weighted by molar-refractivity contribution is 6.23. The normalized spacial score (nSPS) is 11.6. The molecule has 0 atom stereocenters. The summed E-state index contributed by atoms with van der Waals surface area (Å²) in [5.41, 5.74) is 13.2. The van der Waals surface area contributed by atoms with E-state index in [9.17, 15) is 0 Å². The molecule has 0 unspecified atom stereocenters. The third-order valence-electron chi connectivity index (χ3n) is 8.93. The van der Waals surface area contributed by atoms with Crippen LogP contribution in [0.4, 0.5) is 11.4 Å². The third-order valence-corrected chi connectivity index (χ3v) is 8.93. The van der Waals surface area contributed by atoms with Gasteiger partial charge >= 0.3 is 0 Å². The Morgan fingerprint density at radius 1 is 0.364 bits per heavy atom. The van der Waals surface area contributed by atoms with Crippen LogP contribution in [-0.4, -0.2) is 4.40 Å². The SMILES string of the molecule is c1ccc(-c2ccc(Nc3ccccc3-c3cccc(-c4ccc5c(c4)c4cccc6c7ccccc7n5c64)c3)cc2)cc1. The first-order chi connectivity index (χ1) is 21.8. The van der Waals surface area contributed by atoms with Crippen LogP contribution < -0.4 is 5.32 Å². The van der Waals surface area contributed by atoms with Gasteiger partial charge in [0.2, 0.25) is 0 Å². The fourth-order valence-corrected chi connectivity index (χ4v) is 6.85. The Bertz CT molecular complexity index is 2450. The highest BCUT2D eigenvalue weighted by atomic mass is 14.9. The first-order valence-corrected chi connectivity index (χ1v) is 15.1. The molecule has 0 saturated heterocycles. The second-order valence-corrected chi connectivity index (χ2v) is 11.5. The molecule has 7 aromatic carbocycles. The lowest BCUT2D eigenvalue weighted by Crippen LogP contribution is -1.93. The number of aromatic nitrogens is 1. The van der Waals surface area contributed by atoms with Gasteiger partial charge < -0.3 is 9.72 Å². The van der Waals surface area contributed by atoms with Gasteiger partial charge in [-0.25, -0.2) is 0 Å². The van der Waals surface area contributed by atoms with E-state index in [0.29, 0.717) is 0 Å². The van der Waals surface area contributed by atoms with E-state index < -0.39 is 0 Å². The van der Waals surface area contributed by atoms with Gasteiger partial charge in [-0.05, 0) is 70.3 Å². The molecule has 0 spiro atoms. The number of para-hydroxylation sites is 3. The van der Waals surface area contributed by atoms with Crippen molar-refractivity contribution in [2.24, 2.45) is 0 Å². The van der Waals surface area contributed by atoms with Crippen LogP contribution in [0.3, 0.4) is 0 Å². The second kappa shape index (κ2) is 9.86. The summed E-state index contributed by atoms with van der Waals surface area (Å²) >= 11 is 0. The molecule has 0 saturated carbocycles. The van der Waals surface area contributed by atoms with Crippen molar-refractivity contribution in [2.45, 2.75) is 0 Å². The Morgan fingerprint density at radius 3 is 1.84 bits per heavy atom. The highest BCUT2D eigenvalue weighted by Gasteiger charge is 2.17. The van der Waals surface area contributed by atoms with Gasteiger partial charge in [0.15, 0.2) is 0 Å². The molecule has 9 rings (SSSR count). The number of rotatable bonds is 5. The lowest BCUT2D eigenvalue weighted by Gasteiger charge is -2.14. The summed E-state index contributed by atoms with van der Waals surface area (Å²) in [6.07, 6.45) is 0. The Kier molecular flexibility index (Phi) is 5.54. The summed E-state index contributed by atoms with van der Waals surface area (Å²) in [5, 5.41) is 8.90. The van der Waals surface area contributed by atoms with E-state index in [-0.39, 0.29) is 0 Å². The molecule has 2 nitrogen and oxygen atoms in total. The molecule has 0 aliphatic carbocycles. The molecule has 2 heterocycles. The summed E-state index contributed by atoms with van der Waals surface area (Å²) in [4.78, 5) is 0. The maximum Gasteiger partial charge on any atom is 0.0620 e. The van der Waals surface area contributed by atoms with Crippen LogP contribution in [-0.2, 0) is 0 Å². The molecule has 2 aromatic heterocycles. The monoisotopic (exact) mass is 560 g/mol. The van der Waals surface area contributed by atoms with Crippen molar-refractivity contribution in [3.63, 3.8) is 0 Å². The largest absolute Gasteiger partial charge is 0.355 e. The summed E-state index contributed by atoms with van der Waals surface area (Å²) in [7, 11) is 0. The lowest BCUT2D eigenvalue weighted by atomic mass is 9.96. The Morgan fingerprint density at radius 2 is 0.955 bits per heavy atom. The van der Waals surface area contributed by atoms with Crippen LogP contribution in [0.1, 0.15) is 0 Å². The van der Waals surface area contributed by atoms with Crippen LogP contribution in [0.15, 0.2) is 164 Å². The van der Waals surface area contributed by atoms with Crippen LogP contribution in [0.2, 0.25) is 0 Å². The standard InChI is InChI=1S/C42H28N2/c1-2-10-28(11-3-1)29-20-23-33(24-21-29)43-39-18-6-4-14-34(39)32-13-8-12-30(26-32)31-22-25-41-38(27-31)37-17-9-16-36-35-15-5-7-19-40(35)44(41)42(36)37/h1-27,43H. The van der Waals surface area contributed by atoms with Gasteiger partial charge in [-0.1, -0.05) is 121 Å². The minimum atomic E-state index is 1.07. The number of benzene rings is 7. The van der Waals surface area contributed by atoms with E-state index in [0.717, 1.165) is 11.4 Å². The zero-order valence-electron chi connectivity index (χ0n) is 24.0. The van der Waals surface area contributed by atoms with E-state index in [1.807, 2.05) is 0 Å². The molecule has 0 radical (unpaired) electrons. The number of fused-ring (bicyclic) bond motifs is 6. The van der Waals surface area contributed by atoms with Crippen molar-refractivity contribution in [2.75, 3.05) is 5.32 Å². The van der Waals surface area contributed by atoms with Crippen LogP contribution >= 0.6 is 0 Å². The fourth-order valence-electron chi connectivity index (χ4n) is 6.85. The minimum Gasteiger partial charge on any atom is -0.355 e. The van der Waals surface area contributed by atoms with Crippen molar-refractivity contribution in [3.05, 3.63) is 164 Å². The van der Waals surface area contributed by atoms with Crippen molar-refractivity contribution in [1.82, 2.24) is 4.40 Å². The van der Waals surface area contributed by atoms with Crippen LogP contribution in [0.25, 0.3) is 71.5 Å². The minimum absolute atomic E-state index is 1.07. The second-order valence-electron chi connectivity index (χ2n) is 11.5. The molecule has 0 amide bonds. The number of hydrogen-bond acceptors (Lipinski definition) is 1. The first kappa shape index (κ1) is 24.7. The van der Waals surface area contributed by atoms with Gasteiger partial charge in [0.25, 0.3) is 0 Å². The van der Waals surface area contributed by atoms with Crippen molar-refractivity contribution in [3.8, 4) is 33.4 Å². The molecule has 0 bridgehead atoms. The molecule has 0 aliphatic heterocycles. The lowest BCUT2D eigenvalue weighted by molar-refractivity contribution is 1.37. The Hall–Kier alpha value is -5.86. The maximum absolute atomic E-state index is 3.67. The number of nitrogens with zero attached hydrogens (tertiary/aromatic N) is 1. The predicted molar refractivity (Wildman–Crippen MR) is 187 cm³/mol. The van der Waals surface area contributed by atoms with Gasteiger partial charge in [0.05, 0.1) is 16.6 Å². The third kappa shape index (κ3) is 3.89. The van der Waals surface area contributed by atoms with E-state index in [1.54, 1.807) is 0 Å². The number of nitrogens with one attached hydrogen (secondary N) is 1. The van der Waals surface area contributed by atoms with Crippen molar-refractivity contribution in [1.29, 1.82) is 0 Å². The van der Waals surface area contributed by atoms with Gasteiger partial charge in [0, 0.05) is 38.5 Å². The molecule has 9 aromatic rings. The summed E-state index contributed by atoms with van der Waals surface area (Å²) in [6.45, 7) is 0. The molecular weight excluding hydrogens is 532 g/mol. The Labute approximate surface area is 255 Å². The summed E-state index contributed by atoms with van der Waals surface area (Å²) in [5.74, 6) is 0. The van der Waals surface area contributed by atoms with Gasteiger partial charge in [-0.15, -0.1) is 0 Å². The smallest absolute Gasteiger partial charge is 0.0620 e. The Balaban J connectivity index is 1.09. The zero-order chi connectivity index (χ0) is 29.0. The van der Waals surface area contributed by atoms with Crippen LogP contribution in [0, 0.1) is 0 Å². The number of hydrogen-bond donors (Lipinski definition) is 1. The van der Waals surface area contributed by atoms with E-state index in [4.69, 9.17) is 0 Å². The maximum atomic E-state index is 3.67. The zero-order valence-corrected chi connectivity index (χ0v) is 24.0. The quantitative estimate of drug-likeness (QED) is 0.221. The summed E-state index contributed by atoms with van der Waals surface area (Å²) in [6, 6.07) is 59.0. The van der Waals surface area contributed by atoms with Gasteiger partial charge in [0.1, 0.15) is 0 Å². The molecule has 206 valence electrons. The topological polar surface area (TPSA) is 16.4 Å². The van der Waals surface area contributed by atoms with E-state index >= 15 is 0 Å². The predicted octanol–water partition coefficient (Wildman–Crippen LogP) is 11.6. The summed E-state index contributed by atoms with van der Waals surface area (Å²) < 4.78 is 2.43. The highest BCUT2D eigenvalue weighted by Crippen LogP contribution is 2.40. The first-order valence-electron chi connectivity index (χ1n) is 15.1. The van der Waals surface area contributed by atoms with Gasteiger partial charge in [-0.3, -0.25) is 0 Å². The molecule has 0 aliphatic rings. The molecule has 2 heteroatoms. The molecular formula is C42H28N2. The molecule has 0 fully saturated rings. The molecule has 1 N–H and O–H groups in total. The fraction of sp³-hybridized carbons (Fsp3) is 0.